The maximum Gasteiger partial charge on any atom is 0.100 e. The van der Waals surface area contributed by atoms with Gasteiger partial charge < -0.3 is 4.90 Å². The lowest BCUT2D eigenvalue weighted by Crippen LogP contribution is -2.26. The van der Waals surface area contributed by atoms with Crippen molar-refractivity contribution in [2.75, 3.05) is 18.5 Å². The molecule has 0 spiro atoms. The first-order valence-electron chi connectivity index (χ1n) is 10.1. The molecule has 0 atom stereocenters. The van der Waals surface area contributed by atoms with Gasteiger partial charge in [-0.1, -0.05) is 85.8 Å². The second-order valence-corrected chi connectivity index (χ2v) is 7.30. The first-order valence-corrected chi connectivity index (χ1v) is 10.1. The highest BCUT2D eigenvalue weighted by Gasteiger charge is 2.11. The lowest BCUT2D eigenvalue weighted by atomic mass is 10.0. The average Bonchev–Trinajstić information content (AvgIpc) is 2.74. The fourth-order valence-electron chi connectivity index (χ4n) is 3.57. The van der Waals surface area contributed by atoms with E-state index in [0.717, 1.165) is 35.5 Å². The largest absolute Gasteiger partial charge is 0.369 e. The molecule has 0 N–H and O–H groups in total. The van der Waals surface area contributed by atoms with Crippen LogP contribution in [0.5, 0.6) is 0 Å². The van der Waals surface area contributed by atoms with Crippen LogP contribution in [0, 0.1) is 13.8 Å². The molecule has 0 fully saturated rings. The number of aryl methyl sites for hydroxylation is 2. The van der Waals surface area contributed by atoms with Gasteiger partial charge >= 0.3 is 0 Å². The molecule has 3 rings (SSSR count). The van der Waals surface area contributed by atoms with E-state index >= 15 is 0 Å². The van der Waals surface area contributed by atoms with Crippen molar-refractivity contribution < 1.29 is 0 Å². The second-order valence-electron chi connectivity index (χ2n) is 7.30. The van der Waals surface area contributed by atoms with Gasteiger partial charge in [-0.2, -0.15) is 5.10 Å². The minimum absolute atomic E-state index is 0.753. The molecule has 0 unspecified atom stereocenters. The average molecular weight is 384 g/mol. The Morgan fingerprint density at radius 3 is 1.72 bits per heavy atom. The molecular formula is C26H29N3. The Bertz CT molecular complexity index is 927. The number of anilines is 1. The Morgan fingerprint density at radius 2 is 1.24 bits per heavy atom. The topological polar surface area (TPSA) is 28.0 Å². The molecule has 0 bridgehead atoms. The van der Waals surface area contributed by atoms with Crippen LogP contribution in [-0.4, -0.2) is 25.0 Å². The summed E-state index contributed by atoms with van der Waals surface area (Å²) >= 11 is 0. The first-order chi connectivity index (χ1) is 14.1. The molecule has 0 aliphatic heterocycles. The first kappa shape index (κ1) is 20.5. The van der Waals surface area contributed by atoms with E-state index in [1.807, 2.05) is 36.4 Å². The predicted octanol–water partition coefficient (Wildman–Crippen LogP) is 6.04. The molecule has 3 aromatic carbocycles. The molecule has 3 heteroatoms. The van der Waals surface area contributed by atoms with Gasteiger partial charge in [0.05, 0.1) is 12.3 Å². The summed E-state index contributed by atoms with van der Waals surface area (Å²) in [5.74, 6) is 0. The van der Waals surface area contributed by atoms with Crippen molar-refractivity contribution in [3.8, 4) is 0 Å². The summed E-state index contributed by atoms with van der Waals surface area (Å²) in [4.78, 5) is 2.27. The van der Waals surface area contributed by atoms with Crippen molar-refractivity contribution in [1.29, 1.82) is 0 Å². The normalized spacial score (nSPS) is 11.2. The molecule has 3 nitrogen and oxygen atoms in total. The van der Waals surface area contributed by atoms with Gasteiger partial charge in [-0.05, 0) is 31.4 Å². The zero-order valence-electron chi connectivity index (χ0n) is 17.8. The van der Waals surface area contributed by atoms with E-state index in [2.05, 4.69) is 80.3 Å². The maximum atomic E-state index is 4.70. The van der Waals surface area contributed by atoms with Crippen LogP contribution in [0.1, 0.15) is 35.6 Å². The van der Waals surface area contributed by atoms with E-state index < -0.39 is 0 Å². The van der Waals surface area contributed by atoms with Gasteiger partial charge in [0.1, 0.15) is 5.71 Å². The van der Waals surface area contributed by atoms with Crippen molar-refractivity contribution in [2.45, 2.75) is 27.2 Å². The van der Waals surface area contributed by atoms with Gasteiger partial charge in [0.15, 0.2) is 0 Å². The Labute approximate surface area is 174 Å². The zero-order chi connectivity index (χ0) is 20.6. The number of nitrogens with zero attached hydrogens (tertiary/aromatic N) is 3. The lowest BCUT2D eigenvalue weighted by molar-refractivity contribution is 0.998. The molecular weight excluding hydrogens is 354 g/mol. The van der Waals surface area contributed by atoms with Crippen LogP contribution in [0.25, 0.3) is 0 Å². The number of rotatable bonds is 7. The van der Waals surface area contributed by atoms with Crippen molar-refractivity contribution in [1.82, 2.24) is 0 Å². The minimum atomic E-state index is 0.753. The molecule has 0 saturated heterocycles. The Kier molecular flexibility index (Phi) is 6.96. The number of hydrogen-bond donors (Lipinski definition) is 0. The van der Waals surface area contributed by atoms with Crippen LogP contribution in [-0.2, 0) is 0 Å². The van der Waals surface area contributed by atoms with Crippen molar-refractivity contribution >= 4 is 17.1 Å². The maximum absolute atomic E-state index is 4.70. The summed E-state index contributed by atoms with van der Waals surface area (Å²) in [5.41, 5.74) is 7.92. The standard InChI is InChI=1S/C26H29N3/c1-5-24(19-29(4)26-20(2)13-12-14-21(26)3)27-28-25(22-15-8-6-9-16-22)23-17-10-7-11-18-23/h6-18H,5,19H2,1-4H3/b27-24+. The third-order valence-corrected chi connectivity index (χ3v) is 5.03. The zero-order valence-corrected chi connectivity index (χ0v) is 17.8. The van der Waals surface area contributed by atoms with E-state index in [1.54, 1.807) is 0 Å². The fourth-order valence-corrected chi connectivity index (χ4v) is 3.57. The SMILES string of the molecule is CC/C(CN(C)c1c(C)cccc1C)=N\N=C(c1ccccc1)c1ccccc1. The Morgan fingerprint density at radius 1 is 0.724 bits per heavy atom. The van der Waals surface area contributed by atoms with Gasteiger partial charge in [-0.25, -0.2) is 0 Å². The summed E-state index contributed by atoms with van der Waals surface area (Å²) in [6.45, 7) is 7.20. The van der Waals surface area contributed by atoms with Gasteiger partial charge in [0.25, 0.3) is 0 Å². The fraction of sp³-hybridized carbons (Fsp3) is 0.231. The van der Waals surface area contributed by atoms with Gasteiger partial charge in [0, 0.05) is 23.9 Å². The lowest BCUT2D eigenvalue weighted by Gasteiger charge is -2.23. The van der Waals surface area contributed by atoms with Crippen LogP contribution in [0.3, 0.4) is 0 Å². The molecule has 0 aliphatic carbocycles. The molecule has 0 amide bonds. The van der Waals surface area contributed by atoms with Crippen LogP contribution >= 0.6 is 0 Å². The van der Waals surface area contributed by atoms with Gasteiger partial charge in [0.2, 0.25) is 0 Å². The summed E-state index contributed by atoms with van der Waals surface area (Å²) in [5, 5.41) is 9.39. The van der Waals surface area contributed by atoms with Gasteiger partial charge in [-0.3, -0.25) is 0 Å². The summed E-state index contributed by atoms with van der Waals surface area (Å²) < 4.78 is 0. The second kappa shape index (κ2) is 9.83. The summed E-state index contributed by atoms with van der Waals surface area (Å²) in [7, 11) is 2.12. The minimum Gasteiger partial charge on any atom is -0.369 e. The summed E-state index contributed by atoms with van der Waals surface area (Å²) in [6, 6.07) is 26.9. The molecule has 0 aliphatic rings. The third kappa shape index (κ3) is 5.20. The van der Waals surface area contributed by atoms with E-state index in [9.17, 15) is 0 Å². The van der Waals surface area contributed by atoms with Crippen molar-refractivity contribution in [3.63, 3.8) is 0 Å². The smallest absolute Gasteiger partial charge is 0.100 e. The van der Waals surface area contributed by atoms with E-state index in [0.29, 0.717) is 0 Å². The quantitative estimate of drug-likeness (QED) is 0.361. The van der Waals surface area contributed by atoms with Gasteiger partial charge in [-0.15, -0.1) is 5.10 Å². The van der Waals surface area contributed by atoms with E-state index in [4.69, 9.17) is 5.10 Å². The molecule has 0 saturated carbocycles. The molecule has 148 valence electrons. The summed E-state index contributed by atoms with van der Waals surface area (Å²) in [6.07, 6.45) is 0.857. The Balaban J connectivity index is 1.92. The molecule has 29 heavy (non-hydrogen) atoms. The highest BCUT2D eigenvalue weighted by atomic mass is 15.2. The molecule has 0 aromatic heterocycles. The molecule has 0 radical (unpaired) electrons. The molecule has 0 heterocycles. The van der Waals surface area contributed by atoms with Crippen LogP contribution in [0.2, 0.25) is 0 Å². The molecule has 3 aromatic rings. The Hall–Kier alpha value is -3.20. The van der Waals surface area contributed by atoms with E-state index in [-0.39, 0.29) is 0 Å². The predicted molar refractivity (Wildman–Crippen MR) is 125 cm³/mol. The van der Waals surface area contributed by atoms with Crippen LogP contribution in [0.4, 0.5) is 5.69 Å². The van der Waals surface area contributed by atoms with Crippen LogP contribution < -0.4 is 4.90 Å². The number of benzene rings is 3. The third-order valence-electron chi connectivity index (χ3n) is 5.03. The highest BCUT2D eigenvalue weighted by molar-refractivity contribution is 6.13. The monoisotopic (exact) mass is 383 g/mol. The number of hydrogen-bond acceptors (Lipinski definition) is 3. The van der Waals surface area contributed by atoms with Crippen molar-refractivity contribution in [2.24, 2.45) is 10.2 Å². The van der Waals surface area contributed by atoms with E-state index in [1.165, 1.54) is 16.8 Å². The number of para-hydroxylation sites is 1. The highest BCUT2D eigenvalue weighted by Crippen LogP contribution is 2.23. The van der Waals surface area contributed by atoms with Crippen molar-refractivity contribution in [3.05, 3.63) is 101 Å². The van der Waals surface area contributed by atoms with Crippen LogP contribution in [0.15, 0.2) is 89.1 Å².